The molecule has 188 valence electrons. The van der Waals surface area contributed by atoms with Crippen LogP contribution >= 0.6 is 23.1 Å². The highest BCUT2D eigenvalue weighted by atomic mass is 32.2. The summed E-state index contributed by atoms with van der Waals surface area (Å²) in [4.78, 5) is 4.84. The molecule has 0 bridgehead atoms. The summed E-state index contributed by atoms with van der Waals surface area (Å²) in [6.07, 6.45) is 1.01. The Balaban J connectivity index is 1.31. The van der Waals surface area contributed by atoms with Crippen LogP contribution in [-0.2, 0) is 25.3 Å². The number of aromatic nitrogens is 4. The van der Waals surface area contributed by atoms with Crippen LogP contribution < -0.4 is 9.47 Å². The Kier molecular flexibility index (Phi) is 8.18. The average Bonchev–Trinajstić information content (AvgIpc) is 3.58. The third-order valence-electron chi connectivity index (χ3n) is 5.89. The van der Waals surface area contributed by atoms with Gasteiger partial charge in [-0.3, -0.25) is 4.57 Å². The van der Waals surface area contributed by atoms with E-state index in [0.717, 1.165) is 45.2 Å². The van der Waals surface area contributed by atoms with Crippen molar-refractivity contribution in [2.24, 2.45) is 0 Å². The summed E-state index contributed by atoms with van der Waals surface area (Å²) in [5.41, 5.74) is 4.54. The first kappa shape index (κ1) is 25.0. The molecule has 6 nitrogen and oxygen atoms in total. The highest BCUT2D eigenvalue weighted by Gasteiger charge is 2.15. The first-order valence-electron chi connectivity index (χ1n) is 12.1. The van der Waals surface area contributed by atoms with Gasteiger partial charge >= 0.3 is 0 Å². The third kappa shape index (κ3) is 6.39. The molecular formula is C29H28N4O2S2. The summed E-state index contributed by atoms with van der Waals surface area (Å²) in [7, 11) is 1.68. The van der Waals surface area contributed by atoms with E-state index in [2.05, 4.69) is 57.4 Å². The molecule has 0 saturated heterocycles. The lowest BCUT2D eigenvalue weighted by Gasteiger charge is -2.11. The van der Waals surface area contributed by atoms with Crippen LogP contribution in [0.1, 0.15) is 29.6 Å². The molecule has 0 N–H and O–H groups in total. The van der Waals surface area contributed by atoms with Gasteiger partial charge in [-0.05, 0) is 41.8 Å². The Morgan fingerprint density at radius 2 is 1.73 bits per heavy atom. The maximum absolute atomic E-state index is 6.06. The van der Waals surface area contributed by atoms with Crippen molar-refractivity contribution in [1.82, 2.24) is 19.7 Å². The Morgan fingerprint density at radius 3 is 2.51 bits per heavy atom. The van der Waals surface area contributed by atoms with Gasteiger partial charge in [-0.15, -0.1) is 21.5 Å². The molecule has 3 aromatic carbocycles. The minimum absolute atomic E-state index is 0.350. The summed E-state index contributed by atoms with van der Waals surface area (Å²) in [5, 5.41) is 12.9. The van der Waals surface area contributed by atoms with E-state index in [4.69, 9.17) is 14.5 Å². The van der Waals surface area contributed by atoms with Gasteiger partial charge in [-0.25, -0.2) is 4.98 Å². The number of thioether (sulfide) groups is 1. The van der Waals surface area contributed by atoms with Gasteiger partial charge in [0.15, 0.2) is 11.0 Å². The number of rotatable bonds is 11. The number of nitrogens with zero attached hydrogens (tertiary/aromatic N) is 4. The molecule has 0 radical (unpaired) electrons. The molecule has 5 aromatic rings. The van der Waals surface area contributed by atoms with E-state index in [0.29, 0.717) is 18.9 Å². The van der Waals surface area contributed by atoms with Crippen LogP contribution in [0.25, 0.3) is 10.6 Å². The molecule has 2 heterocycles. The molecule has 0 unspecified atom stereocenters. The van der Waals surface area contributed by atoms with Crippen molar-refractivity contribution >= 4 is 23.1 Å². The number of aryl methyl sites for hydroxylation is 1. The first-order valence-corrected chi connectivity index (χ1v) is 14.0. The number of methoxy groups -OCH3 is 1. The molecule has 0 atom stereocenters. The highest BCUT2D eigenvalue weighted by Crippen LogP contribution is 2.30. The Hall–Kier alpha value is -3.62. The van der Waals surface area contributed by atoms with Gasteiger partial charge in [0.1, 0.15) is 23.1 Å². The van der Waals surface area contributed by atoms with Gasteiger partial charge in [-0.1, -0.05) is 73.3 Å². The van der Waals surface area contributed by atoms with Crippen molar-refractivity contribution in [2.45, 2.75) is 37.4 Å². The molecule has 2 aromatic heterocycles. The molecule has 0 spiro atoms. The van der Waals surface area contributed by atoms with Crippen LogP contribution in [0, 0.1) is 0 Å². The van der Waals surface area contributed by atoms with E-state index in [1.54, 1.807) is 30.2 Å². The topological polar surface area (TPSA) is 62.1 Å². The van der Waals surface area contributed by atoms with E-state index < -0.39 is 0 Å². The smallest absolute Gasteiger partial charge is 0.192 e. The average molecular weight is 529 g/mol. The Labute approximate surface area is 225 Å². The molecule has 0 aliphatic heterocycles. The molecule has 0 aliphatic carbocycles. The Morgan fingerprint density at radius 1 is 0.892 bits per heavy atom. The van der Waals surface area contributed by atoms with Crippen molar-refractivity contribution in [1.29, 1.82) is 0 Å². The zero-order valence-electron chi connectivity index (χ0n) is 20.8. The largest absolute Gasteiger partial charge is 0.497 e. The van der Waals surface area contributed by atoms with E-state index in [9.17, 15) is 0 Å². The van der Waals surface area contributed by atoms with E-state index >= 15 is 0 Å². The normalized spacial score (nSPS) is 11.0. The monoisotopic (exact) mass is 528 g/mol. The van der Waals surface area contributed by atoms with Crippen molar-refractivity contribution in [3.05, 3.63) is 107 Å². The fourth-order valence-electron chi connectivity index (χ4n) is 3.83. The second-order valence-electron chi connectivity index (χ2n) is 8.42. The summed E-state index contributed by atoms with van der Waals surface area (Å²) >= 11 is 3.27. The SMILES string of the molecule is CCc1ccc(OCc2nnc(SCc3csc(-c4cccc(OC)c4)n3)n2Cc2ccccc2)cc1. The molecule has 0 amide bonds. The second kappa shape index (κ2) is 12.1. The molecule has 0 fully saturated rings. The number of ether oxygens (including phenoxy) is 2. The van der Waals surface area contributed by atoms with Gasteiger partial charge in [0, 0.05) is 16.7 Å². The van der Waals surface area contributed by atoms with E-state index in [1.165, 1.54) is 11.1 Å². The number of benzene rings is 3. The zero-order valence-corrected chi connectivity index (χ0v) is 22.5. The van der Waals surface area contributed by atoms with Gasteiger partial charge in [0.25, 0.3) is 0 Å². The van der Waals surface area contributed by atoms with Crippen molar-refractivity contribution in [3.8, 4) is 22.1 Å². The van der Waals surface area contributed by atoms with Crippen molar-refractivity contribution < 1.29 is 9.47 Å². The van der Waals surface area contributed by atoms with E-state index in [1.807, 2.05) is 48.5 Å². The standard InChI is InChI=1S/C29H28N4O2S2/c1-3-21-12-14-25(15-13-21)35-18-27-31-32-29(33(27)17-22-8-5-4-6-9-22)37-20-24-19-36-28(30-24)23-10-7-11-26(16-23)34-2/h4-16,19H,3,17-18,20H2,1-2H3. The van der Waals surface area contributed by atoms with Crippen LogP contribution in [0.4, 0.5) is 0 Å². The fraction of sp³-hybridized carbons (Fsp3) is 0.207. The molecular weight excluding hydrogens is 500 g/mol. The molecule has 8 heteroatoms. The predicted molar refractivity (Wildman–Crippen MR) is 149 cm³/mol. The van der Waals surface area contributed by atoms with Crippen molar-refractivity contribution in [3.63, 3.8) is 0 Å². The van der Waals surface area contributed by atoms with E-state index in [-0.39, 0.29) is 0 Å². The lowest BCUT2D eigenvalue weighted by Crippen LogP contribution is -2.09. The lowest BCUT2D eigenvalue weighted by molar-refractivity contribution is 0.289. The predicted octanol–water partition coefficient (Wildman–Crippen LogP) is 6.89. The number of hydrogen-bond acceptors (Lipinski definition) is 7. The highest BCUT2D eigenvalue weighted by molar-refractivity contribution is 7.98. The van der Waals surface area contributed by atoms with Crippen LogP contribution in [-0.4, -0.2) is 26.9 Å². The van der Waals surface area contributed by atoms with Gasteiger partial charge in [0.05, 0.1) is 19.3 Å². The maximum atomic E-state index is 6.06. The molecule has 5 rings (SSSR count). The third-order valence-corrected chi connectivity index (χ3v) is 7.83. The Bertz CT molecular complexity index is 1430. The minimum Gasteiger partial charge on any atom is -0.497 e. The molecule has 37 heavy (non-hydrogen) atoms. The van der Waals surface area contributed by atoms with Crippen LogP contribution in [0.2, 0.25) is 0 Å². The number of hydrogen-bond donors (Lipinski definition) is 0. The van der Waals surface area contributed by atoms with Gasteiger partial charge in [0.2, 0.25) is 0 Å². The molecule has 0 aliphatic rings. The molecule has 0 saturated carbocycles. The summed E-state index contributed by atoms with van der Waals surface area (Å²) in [6, 6.07) is 26.5. The maximum Gasteiger partial charge on any atom is 0.192 e. The second-order valence-corrected chi connectivity index (χ2v) is 10.2. The van der Waals surface area contributed by atoms with Crippen molar-refractivity contribution in [2.75, 3.05) is 7.11 Å². The van der Waals surface area contributed by atoms with Crippen LogP contribution in [0.5, 0.6) is 11.5 Å². The fourth-order valence-corrected chi connectivity index (χ4v) is 5.60. The summed E-state index contributed by atoms with van der Waals surface area (Å²) in [5.74, 6) is 3.15. The first-order chi connectivity index (χ1) is 18.2. The number of thiazole rings is 1. The van der Waals surface area contributed by atoms with Gasteiger partial charge < -0.3 is 9.47 Å². The zero-order chi connectivity index (χ0) is 25.5. The summed E-state index contributed by atoms with van der Waals surface area (Å²) < 4.78 is 13.6. The summed E-state index contributed by atoms with van der Waals surface area (Å²) in [6.45, 7) is 3.17. The quantitative estimate of drug-likeness (QED) is 0.174. The van der Waals surface area contributed by atoms with Crippen LogP contribution in [0.15, 0.2) is 89.4 Å². The lowest BCUT2D eigenvalue weighted by atomic mass is 10.2. The minimum atomic E-state index is 0.350. The van der Waals surface area contributed by atoms with Crippen LogP contribution in [0.3, 0.4) is 0 Å². The van der Waals surface area contributed by atoms with Gasteiger partial charge in [-0.2, -0.15) is 0 Å².